The summed E-state index contributed by atoms with van der Waals surface area (Å²) in [7, 11) is 0. The number of carbonyl (C=O) groups is 4. The smallest absolute Gasteiger partial charge is 0.406 e. The van der Waals surface area contributed by atoms with Crippen molar-refractivity contribution in [2.45, 2.75) is 32.7 Å². The fourth-order valence-corrected chi connectivity index (χ4v) is 2.68. The third-order valence-electron chi connectivity index (χ3n) is 4.17. The summed E-state index contributed by atoms with van der Waals surface area (Å²) in [5, 5.41) is 6.88. The van der Waals surface area contributed by atoms with Gasteiger partial charge >= 0.3 is 18.4 Å². The van der Waals surface area contributed by atoms with Gasteiger partial charge < -0.3 is 15.4 Å². The van der Waals surface area contributed by atoms with Gasteiger partial charge in [0.05, 0.1) is 0 Å². The molecule has 1 unspecified atom stereocenters. The number of halogens is 3. The quantitative estimate of drug-likeness (QED) is 0.596. The van der Waals surface area contributed by atoms with E-state index in [0.717, 1.165) is 12.1 Å². The normalized spacial score (nSPS) is 19.0. The molecule has 0 radical (unpaired) electrons. The highest BCUT2D eigenvalue weighted by Gasteiger charge is 2.49. The van der Waals surface area contributed by atoms with Crippen molar-refractivity contribution in [3.8, 4) is 5.75 Å². The van der Waals surface area contributed by atoms with Crippen LogP contribution in [-0.4, -0.2) is 48.2 Å². The molecule has 9 nitrogen and oxygen atoms in total. The molecule has 0 aromatic heterocycles. The van der Waals surface area contributed by atoms with E-state index in [1.54, 1.807) is 0 Å². The maximum Gasteiger partial charge on any atom is 0.573 e. The molecule has 1 heterocycles. The zero-order valence-electron chi connectivity index (χ0n) is 16.4. The third-order valence-corrected chi connectivity index (χ3v) is 4.17. The van der Waals surface area contributed by atoms with Crippen molar-refractivity contribution in [3.05, 3.63) is 29.8 Å². The maximum atomic E-state index is 12.7. The fraction of sp³-hybridized carbons (Fsp3) is 0.444. The van der Waals surface area contributed by atoms with Crippen LogP contribution < -0.4 is 20.7 Å². The Morgan fingerprint density at radius 2 is 1.80 bits per heavy atom. The minimum absolute atomic E-state index is 0.158. The molecule has 2 rings (SSSR count). The van der Waals surface area contributed by atoms with Crippen LogP contribution in [0.25, 0.3) is 0 Å². The fourth-order valence-electron chi connectivity index (χ4n) is 2.68. The Kier molecular flexibility index (Phi) is 6.58. The summed E-state index contributed by atoms with van der Waals surface area (Å²) in [5.74, 6) is -2.01. The third kappa shape index (κ3) is 5.61. The van der Waals surface area contributed by atoms with Gasteiger partial charge in [-0.25, -0.2) is 9.59 Å². The number of imide groups is 2. The Hall–Kier alpha value is -3.31. The predicted octanol–water partition coefficient (Wildman–Crippen LogP) is 1.83. The van der Waals surface area contributed by atoms with Crippen LogP contribution in [0.5, 0.6) is 5.75 Å². The summed E-state index contributed by atoms with van der Waals surface area (Å²) in [6.45, 7) is 4.69. The van der Waals surface area contributed by atoms with Gasteiger partial charge in [-0.3, -0.25) is 19.8 Å². The van der Waals surface area contributed by atoms with Gasteiger partial charge in [-0.1, -0.05) is 26.0 Å². The Balaban J connectivity index is 2.05. The van der Waals surface area contributed by atoms with Crippen molar-refractivity contribution in [1.82, 2.24) is 20.9 Å². The van der Waals surface area contributed by atoms with Crippen molar-refractivity contribution in [3.63, 3.8) is 0 Å². The van der Waals surface area contributed by atoms with Gasteiger partial charge in [0.15, 0.2) is 0 Å². The van der Waals surface area contributed by atoms with Gasteiger partial charge in [-0.15, -0.1) is 13.2 Å². The van der Waals surface area contributed by atoms with E-state index >= 15 is 0 Å². The first kappa shape index (κ1) is 23.0. The average molecular weight is 430 g/mol. The number of hydrogen-bond donors (Lipinski definition) is 3. The predicted molar refractivity (Wildman–Crippen MR) is 97.1 cm³/mol. The van der Waals surface area contributed by atoms with Crippen LogP contribution in [0.3, 0.4) is 0 Å². The lowest BCUT2D eigenvalue weighted by molar-refractivity contribution is -0.274. The number of nitrogens with zero attached hydrogens (tertiary/aromatic N) is 1. The van der Waals surface area contributed by atoms with Crippen LogP contribution >= 0.6 is 0 Å². The van der Waals surface area contributed by atoms with E-state index in [-0.39, 0.29) is 11.5 Å². The molecule has 1 saturated heterocycles. The second-order valence-electron chi connectivity index (χ2n) is 7.17. The van der Waals surface area contributed by atoms with Crippen molar-refractivity contribution in [1.29, 1.82) is 0 Å². The molecule has 0 spiro atoms. The SMILES string of the molecule is CC(C)CNC(=O)NC(=O)CN1C(=O)NC(C)(c2ccc(OC(F)(F)F)cc2)C1=O. The van der Waals surface area contributed by atoms with Crippen LogP contribution in [-0.2, 0) is 15.1 Å². The molecule has 0 bridgehead atoms. The highest BCUT2D eigenvalue weighted by atomic mass is 19.4. The van der Waals surface area contributed by atoms with Crippen molar-refractivity contribution < 1.29 is 37.1 Å². The van der Waals surface area contributed by atoms with Crippen molar-refractivity contribution in [2.75, 3.05) is 13.1 Å². The Bertz CT molecular complexity index is 841. The van der Waals surface area contributed by atoms with Gasteiger partial charge in [-0.2, -0.15) is 0 Å². The minimum Gasteiger partial charge on any atom is -0.406 e. The van der Waals surface area contributed by atoms with Crippen molar-refractivity contribution in [2.24, 2.45) is 5.92 Å². The molecule has 3 N–H and O–H groups in total. The number of alkyl halides is 3. The summed E-state index contributed by atoms with van der Waals surface area (Å²) in [6.07, 6.45) is -4.87. The lowest BCUT2D eigenvalue weighted by Crippen LogP contribution is -2.47. The Morgan fingerprint density at radius 1 is 1.20 bits per heavy atom. The van der Waals surface area contributed by atoms with Gasteiger partial charge in [0.25, 0.3) is 5.91 Å². The Labute approximate surface area is 169 Å². The molecule has 1 aliphatic heterocycles. The van der Waals surface area contributed by atoms with Gasteiger partial charge in [-0.05, 0) is 30.5 Å². The van der Waals surface area contributed by atoms with Gasteiger partial charge in [0, 0.05) is 6.54 Å². The number of ether oxygens (including phenoxy) is 1. The first-order chi connectivity index (χ1) is 13.8. The summed E-state index contributed by atoms with van der Waals surface area (Å²) >= 11 is 0. The van der Waals surface area contributed by atoms with E-state index in [1.807, 2.05) is 19.2 Å². The Morgan fingerprint density at radius 3 is 2.33 bits per heavy atom. The number of hydrogen-bond acceptors (Lipinski definition) is 5. The molecule has 30 heavy (non-hydrogen) atoms. The molecule has 1 aliphatic rings. The molecule has 164 valence electrons. The van der Waals surface area contributed by atoms with Gasteiger partial charge in [0.1, 0.15) is 17.8 Å². The summed E-state index contributed by atoms with van der Waals surface area (Å²) in [5.41, 5.74) is -1.42. The summed E-state index contributed by atoms with van der Waals surface area (Å²) < 4.78 is 40.6. The number of nitrogens with one attached hydrogen (secondary N) is 3. The highest BCUT2D eigenvalue weighted by Crippen LogP contribution is 2.31. The molecule has 1 aromatic carbocycles. The van der Waals surface area contributed by atoms with Crippen molar-refractivity contribution >= 4 is 23.9 Å². The number of rotatable bonds is 6. The first-order valence-corrected chi connectivity index (χ1v) is 8.90. The maximum absolute atomic E-state index is 12.7. The average Bonchev–Trinajstić information content (AvgIpc) is 2.83. The monoisotopic (exact) mass is 430 g/mol. The van der Waals surface area contributed by atoms with E-state index in [0.29, 0.717) is 11.4 Å². The molecular weight excluding hydrogens is 409 g/mol. The first-order valence-electron chi connectivity index (χ1n) is 8.90. The molecule has 1 atom stereocenters. The van der Waals surface area contributed by atoms with Crippen LogP contribution in [0, 0.1) is 5.92 Å². The molecular formula is C18H21F3N4O5. The van der Waals surface area contributed by atoms with E-state index in [4.69, 9.17) is 0 Å². The molecule has 1 aromatic rings. The lowest BCUT2D eigenvalue weighted by Gasteiger charge is -2.22. The number of benzene rings is 1. The zero-order valence-corrected chi connectivity index (χ0v) is 16.4. The molecule has 0 saturated carbocycles. The molecule has 6 amide bonds. The second kappa shape index (κ2) is 8.59. The number of amides is 6. The number of urea groups is 2. The topological polar surface area (TPSA) is 117 Å². The van der Waals surface area contributed by atoms with Crippen LogP contribution in [0.2, 0.25) is 0 Å². The summed E-state index contributed by atoms with van der Waals surface area (Å²) in [4.78, 5) is 49.2. The van der Waals surface area contributed by atoms with Gasteiger partial charge in [0.2, 0.25) is 5.91 Å². The van der Waals surface area contributed by atoms with Crippen LogP contribution in [0.1, 0.15) is 26.3 Å². The largest absolute Gasteiger partial charge is 0.573 e. The van der Waals surface area contributed by atoms with Crippen LogP contribution in [0.4, 0.5) is 22.8 Å². The number of carbonyl (C=O) groups excluding carboxylic acids is 4. The standard InChI is InChI=1S/C18H21F3N4O5/c1-10(2)8-22-15(28)23-13(26)9-25-14(27)17(3,24-16(25)29)11-4-6-12(7-5-11)30-18(19,20)21/h4-7,10H,8-9H2,1-3H3,(H,24,29)(H2,22,23,26,28). The lowest BCUT2D eigenvalue weighted by atomic mass is 9.92. The second-order valence-corrected chi connectivity index (χ2v) is 7.17. The van der Waals surface area contributed by atoms with Crippen LogP contribution in [0.15, 0.2) is 24.3 Å². The van der Waals surface area contributed by atoms with E-state index in [1.165, 1.54) is 19.1 Å². The van der Waals surface area contributed by atoms with E-state index < -0.39 is 48.1 Å². The minimum atomic E-state index is -4.87. The van der Waals surface area contributed by atoms with E-state index in [2.05, 4.69) is 15.4 Å². The zero-order chi connectivity index (χ0) is 22.7. The van der Waals surface area contributed by atoms with E-state index in [9.17, 15) is 32.3 Å². The molecule has 0 aliphatic carbocycles. The molecule has 1 fully saturated rings. The summed E-state index contributed by atoms with van der Waals surface area (Å²) in [6, 6.07) is 2.76. The highest BCUT2D eigenvalue weighted by molar-refractivity contribution is 6.10. The molecule has 12 heteroatoms.